The molecule has 0 bridgehead atoms. The van der Waals surface area contributed by atoms with Crippen LogP contribution >= 0.6 is 0 Å². The summed E-state index contributed by atoms with van der Waals surface area (Å²) in [6.07, 6.45) is 3.85. The molecule has 0 spiro atoms. The molecule has 2 heteroatoms. The minimum absolute atomic E-state index is 1.51. The molecule has 0 aliphatic heterocycles. The summed E-state index contributed by atoms with van der Waals surface area (Å²) in [4.78, 5) is 4.11. The summed E-state index contributed by atoms with van der Waals surface area (Å²) < 4.78 is 8.73. The van der Waals surface area contributed by atoms with E-state index in [1.165, 1.54) is 3.12 Å². The van der Waals surface area contributed by atoms with Gasteiger partial charge in [0.15, 0.2) is 0 Å². The zero-order chi connectivity index (χ0) is 7.61. The molecule has 1 heterocycles. The van der Waals surface area contributed by atoms with Crippen LogP contribution in [0.1, 0.15) is 0 Å². The van der Waals surface area contributed by atoms with Crippen LogP contribution in [0.25, 0.3) is 0 Å². The van der Waals surface area contributed by atoms with E-state index in [-0.39, 0.29) is 0 Å². The molecule has 0 aliphatic carbocycles. The van der Waals surface area contributed by atoms with Gasteiger partial charge in [0.1, 0.15) is 0 Å². The van der Waals surface area contributed by atoms with Crippen molar-refractivity contribution in [2.24, 2.45) is 0 Å². The first-order valence-corrected chi connectivity index (χ1v) is 17.1. The Balaban J connectivity index is 2.97. The normalized spacial score (nSPS) is 11.5. The molecule has 0 unspecified atom stereocenters. The van der Waals surface area contributed by atoms with Crippen LogP contribution in [0.4, 0.5) is 0 Å². The van der Waals surface area contributed by atoms with Gasteiger partial charge in [-0.15, -0.1) is 0 Å². The molecule has 0 aliphatic rings. The van der Waals surface area contributed by atoms with Gasteiger partial charge < -0.3 is 0 Å². The molecule has 1 nitrogen and oxygen atoms in total. The summed E-state index contributed by atoms with van der Waals surface area (Å²) in [6.45, 7) is 0. The van der Waals surface area contributed by atoms with E-state index in [9.17, 15) is 0 Å². The van der Waals surface area contributed by atoms with Crippen LogP contribution in [0.5, 0.6) is 0 Å². The fourth-order valence-corrected chi connectivity index (χ4v) is 4.92. The number of nitrogens with zero attached hydrogens (tertiary/aromatic N) is 1. The summed E-state index contributed by atoms with van der Waals surface area (Å²) in [5.74, 6) is 0. The van der Waals surface area contributed by atoms with Crippen molar-refractivity contribution in [1.82, 2.24) is 4.98 Å². The van der Waals surface area contributed by atoms with Gasteiger partial charge in [0.2, 0.25) is 0 Å². The first kappa shape index (κ1) is 8.17. The van der Waals surface area contributed by atoms with Crippen molar-refractivity contribution in [2.45, 2.75) is 13.4 Å². The quantitative estimate of drug-likeness (QED) is 0.713. The van der Waals surface area contributed by atoms with Crippen molar-refractivity contribution in [1.29, 1.82) is 0 Å². The fraction of sp³-hybridized carbons (Fsp3) is 0.375. The molecule has 10 heavy (non-hydrogen) atoms. The van der Waals surface area contributed by atoms with E-state index in [0.717, 1.165) is 0 Å². The van der Waals surface area contributed by atoms with Gasteiger partial charge in [-0.05, 0) is 0 Å². The summed E-state index contributed by atoms with van der Waals surface area (Å²) in [5.41, 5.74) is 0. The predicted octanol–water partition coefficient (Wildman–Crippen LogP) is 1.63. The van der Waals surface area contributed by atoms with E-state index in [1.807, 2.05) is 18.5 Å². The number of hydrogen-bond acceptors (Lipinski definition) is 1. The molecule has 0 atom stereocenters. The van der Waals surface area contributed by atoms with Gasteiger partial charge >= 0.3 is 67.3 Å². The van der Waals surface area contributed by atoms with Gasteiger partial charge in [0.05, 0.1) is 0 Å². The molecule has 1 aromatic rings. The molecule has 0 saturated heterocycles. The second-order valence-corrected chi connectivity index (χ2v) is 23.2. The summed E-state index contributed by atoms with van der Waals surface area (Å²) in [7, 11) is 0. The van der Waals surface area contributed by atoms with Crippen molar-refractivity contribution >= 4 is 24.3 Å². The van der Waals surface area contributed by atoms with Crippen LogP contribution in [0.3, 0.4) is 0 Å². The monoisotopic (exact) mass is 331 g/mol. The third kappa shape index (κ3) is 2.04. The average molecular weight is 330 g/mol. The SMILES string of the molecule is [CH3][Pb]([CH3])([CH3])[c]1cccnc1. The van der Waals surface area contributed by atoms with E-state index in [4.69, 9.17) is 0 Å². The van der Waals surface area contributed by atoms with Gasteiger partial charge in [-0.2, -0.15) is 0 Å². The van der Waals surface area contributed by atoms with Crippen molar-refractivity contribution in [3.8, 4) is 0 Å². The van der Waals surface area contributed by atoms with Gasteiger partial charge in [0, 0.05) is 0 Å². The second kappa shape index (κ2) is 2.99. The molecular weight excluding hydrogens is 317 g/mol. The molecule has 0 radical (unpaired) electrons. The number of rotatable bonds is 1. The van der Waals surface area contributed by atoms with E-state index >= 15 is 0 Å². The van der Waals surface area contributed by atoms with Crippen molar-refractivity contribution < 1.29 is 0 Å². The number of pyridine rings is 1. The Kier molecular flexibility index (Phi) is 2.44. The van der Waals surface area contributed by atoms with E-state index in [0.29, 0.717) is 0 Å². The maximum absolute atomic E-state index is 4.11. The summed E-state index contributed by atoms with van der Waals surface area (Å²) in [6, 6.07) is 4.23. The molecule has 1 aromatic heterocycles. The van der Waals surface area contributed by atoms with Crippen LogP contribution in [0.15, 0.2) is 24.5 Å². The van der Waals surface area contributed by atoms with Crippen molar-refractivity contribution in [3.05, 3.63) is 24.5 Å². The molecule has 1 rings (SSSR count). The Morgan fingerprint density at radius 1 is 1.30 bits per heavy atom. The predicted molar refractivity (Wildman–Crippen MR) is 47.2 cm³/mol. The Morgan fingerprint density at radius 2 is 2.00 bits per heavy atom. The Morgan fingerprint density at radius 3 is 2.30 bits per heavy atom. The minimum atomic E-state index is -1.89. The van der Waals surface area contributed by atoms with E-state index < -0.39 is 21.2 Å². The fourth-order valence-electron chi connectivity index (χ4n) is 0.806. The molecule has 0 N–H and O–H groups in total. The number of hydrogen-bond donors (Lipinski definition) is 0. The van der Waals surface area contributed by atoms with Gasteiger partial charge in [-0.3, -0.25) is 0 Å². The zero-order valence-electron chi connectivity index (χ0n) is 6.76. The first-order chi connectivity index (χ1) is 4.61. The van der Waals surface area contributed by atoms with E-state index in [1.54, 1.807) is 0 Å². The van der Waals surface area contributed by atoms with Crippen LogP contribution < -0.4 is 3.12 Å². The molecule has 0 aromatic carbocycles. The first-order valence-electron chi connectivity index (χ1n) is 3.51. The zero-order valence-corrected chi connectivity index (χ0v) is 10.6. The third-order valence-corrected chi connectivity index (χ3v) is 9.41. The standard InChI is InChI=1S/C5H4N.3CH3.Pb/c1-2-4-6-5-3-1;;;;/h1-2,4-5H;3*1H3;. The van der Waals surface area contributed by atoms with Gasteiger partial charge in [0.25, 0.3) is 0 Å². The Labute approximate surface area is 67.1 Å². The molecule has 0 amide bonds. The van der Waals surface area contributed by atoms with E-state index in [2.05, 4.69) is 24.5 Å². The van der Waals surface area contributed by atoms with Crippen LogP contribution in [0.2, 0.25) is 13.4 Å². The Bertz CT molecular complexity index is 200. The van der Waals surface area contributed by atoms with Crippen molar-refractivity contribution in [3.63, 3.8) is 0 Å². The summed E-state index contributed by atoms with van der Waals surface area (Å²) >= 11 is -1.89. The molecule has 0 fully saturated rings. The summed E-state index contributed by atoms with van der Waals surface area (Å²) in [5, 5.41) is 0. The van der Waals surface area contributed by atoms with Crippen LogP contribution in [0, 0.1) is 0 Å². The van der Waals surface area contributed by atoms with Crippen molar-refractivity contribution in [2.75, 3.05) is 0 Å². The van der Waals surface area contributed by atoms with Gasteiger partial charge in [-0.25, -0.2) is 0 Å². The van der Waals surface area contributed by atoms with Crippen LogP contribution in [-0.4, -0.2) is 26.2 Å². The van der Waals surface area contributed by atoms with Gasteiger partial charge in [-0.1, -0.05) is 0 Å². The Hall–Kier alpha value is 0.0721. The topological polar surface area (TPSA) is 12.9 Å². The number of aromatic nitrogens is 1. The average Bonchev–Trinajstić information content (AvgIpc) is 1.88. The molecular formula is C8H13NPb. The third-order valence-electron chi connectivity index (χ3n) is 1.53. The maximum atomic E-state index is 4.11. The molecule has 0 saturated carbocycles. The van der Waals surface area contributed by atoms with Crippen LogP contribution in [-0.2, 0) is 0 Å². The second-order valence-electron chi connectivity index (χ2n) is 3.49. The molecule has 54 valence electrons.